The van der Waals surface area contributed by atoms with Gasteiger partial charge >= 0.3 is 5.97 Å². The summed E-state index contributed by atoms with van der Waals surface area (Å²) in [6.07, 6.45) is 0.594. The fourth-order valence-corrected chi connectivity index (χ4v) is 4.48. The van der Waals surface area contributed by atoms with Crippen LogP contribution in [-0.4, -0.2) is 38.2 Å². The molecule has 110 valence electrons. The smallest absolute Gasteiger partial charge is 0.335 e. The Labute approximate surface area is 125 Å². The Kier molecular flexibility index (Phi) is 4.19. The summed E-state index contributed by atoms with van der Waals surface area (Å²) in [7, 11) is -3.75. The van der Waals surface area contributed by atoms with Crippen LogP contribution in [0.5, 0.6) is 0 Å². The fourth-order valence-electron chi connectivity index (χ4n) is 1.98. The molecule has 0 aliphatic carbocycles. The van der Waals surface area contributed by atoms with Crippen LogP contribution in [0.3, 0.4) is 0 Å². The Hall–Kier alpha value is -0.960. The first-order valence-electron chi connectivity index (χ1n) is 5.88. The van der Waals surface area contributed by atoms with E-state index >= 15 is 0 Å². The first-order chi connectivity index (χ1) is 9.23. The molecular formula is C12H14BrNO5S. The lowest BCUT2D eigenvalue weighted by atomic mass is 10.0. The van der Waals surface area contributed by atoms with Crippen LogP contribution >= 0.6 is 15.9 Å². The Morgan fingerprint density at radius 2 is 2.20 bits per heavy atom. The molecule has 2 rings (SSSR count). The van der Waals surface area contributed by atoms with Crippen molar-refractivity contribution >= 4 is 31.9 Å². The van der Waals surface area contributed by atoms with Gasteiger partial charge in [0.25, 0.3) is 0 Å². The van der Waals surface area contributed by atoms with Crippen molar-refractivity contribution in [3.63, 3.8) is 0 Å². The topological polar surface area (TPSA) is 92.7 Å². The van der Waals surface area contributed by atoms with Gasteiger partial charge in [0.15, 0.2) is 0 Å². The largest absolute Gasteiger partial charge is 0.478 e. The van der Waals surface area contributed by atoms with Crippen LogP contribution in [0.25, 0.3) is 0 Å². The normalized spacial score (nSPS) is 22.9. The maximum absolute atomic E-state index is 12.4. The quantitative estimate of drug-likeness (QED) is 0.847. The van der Waals surface area contributed by atoms with Crippen molar-refractivity contribution in [1.29, 1.82) is 0 Å². The number of carboxylic acid groups (broad SMARTS) is 1. The van der Waals surface area contributed by atoms with E-state index in [0.29, 0.717) is 19.6 Å². The van der Waals surface area contributed by atoms with E-state index in [9.17, 15) is 13.2 Å². The van der Waals surface area contributed by atoms with Crippen molar-refractivity contribution < 1.29 is 23.1 Å². The number of carbonyl (C=O) groups is 1. The zero-order valence-electron chi connectivity index (χ0n) is 10.7. The van der Waals surface area contributed by atoms with Gasteiger partial charge in [0.2, 0.25) is 10.0 Å². The third kappa shape index (κ3) is 3.20. The van der Waals surface area contributed by atoms with Crippen LogP contribution in [-0.2, 0) is 14.8 Å². The number of rotatable bonds is 4. The third-order valence-electron chi connectivity index (χ3n) is 3.07. The highest BCUT2D eigenvalue weighted by atomic mass is 79.9. The van der Waals surface area contributed by atoms with E-state index in [2.05, 4.69) is 20.7 Å². The summed E-state index contributed by atoms with van der Waals surface area (Å²) in [5, 5.41) is 8.87. The molecule has 0 saturated carbocycles. The summed E-state index contributed by atoms with van der Waals surface area (Å²) in [4.78, 5) is 10.9. The highest BCUT2D eigenvalue weighted by Gasteiger charge is 2.35. The van der Waals surface area contributed by atoms with E-state index in [1.807, 2.05) is 0 Å². The SMILES string of the molecule is CC1(NS(=O)(=O)c2ccc(C(=O)O)cc2Br)CCOC1. The van der Waals surface area contributed by atoms with Crippen molar-refractivity contribution in [3.05, 3.63) is 28.2 Å². The zero-order chi connectivity index (χ0) is 15.0. The van der Waals surface area contributed by atoms with Gasteiger partial charge in [-0.15, -0.1) is 0 Å². The van der Waals surface area contributed by atoms with Crippen LogP contribution in [0.1, 0.15) is 23.7 Å². The van der Waals surface area contributed by atoms with Gasteiger partial charge in [0.1, 0.15) is 0 Å². The molecule has 1 heterocycles. The molecule has 0 radical (unpaired) electrons. The van der Waals surface area contributed by atoms with E-state index in [0.717, 1.165) is 0 Å². The van der Waals surface area contributed by atoms with E-state index in [1.54, 1.807) is 6.92 Å². The second-order valence-corrected chi connectivity index (χ2v) is 7.42. The molecule has 0 aromatic heterocycles. The van der Waals surface area contributed by atoms with E-state index in [4.69, 9.17) is 9.84 Å². The van der Waals surface area contributed by atoms with Gasteiger partial charge in [0, 0.05) is 11.1 Å². The second kappa shape index (κ2) is 5.44. The van der Waals surface area contributed by atoms with Gasteiger partial charge in [-0.3, -0.25) is 0 Å². The molecule has 1 atom stereocenters. The molecule has 0 bridgehead atoms. The van der Waals surface area contributed by atoms with Crippen LogP contribution in [0.4, 0.5) is 0 Å². The summed E-state index contributed by atoms with van der Waals surface area (Å²) >= 11 is 3.10. The Balaban J connectivity index is 2.32. The molecule has 1 fully saturated rings. The number of hydrogen-bond acceptors (Lipinski definition) is 4. The van der Waals surface area contributed by atoms with Crippen molar-refractivity contribution in [2.75, 3.05) is 13.2 Å². The van der Waals surface area contributed by atoms with Crippen molar-refractivity contribution in [2.24, 2.45) is 0 Å². The number of ether oxygens (including phenoxy) is 1. The maximum Gasteiger partial charge on any atom is 0.335 e. The Morgan fingerprint density at radius 3 is 2.70 bits per heavy atom. The standard InChI is InChI=1S/C12H14BrNO5S/c1-12(4-5-19-7-12)14-20(17,18)10-3-2-8(11(15)16)6-9(10)13/h2-3,6,14H,4-5,7H2,1H3,(H,15,16). The minimum absolute atomic E-state index is 0.00984. The number of sulfonamides is 1. The lowest BCUT2D eigenvalue weighted by molar-refractivity contribution is 0.0696. The molecule has 20 heavy (non-hydrogen) atoms. The van der Waals surface area contributed by atoms with Gasteiger partial charge < -0.3 is 9.84 Å². The molecule has 1 aromatic carbocycles. The molecule has 1 aliphatic heterocycles. The summed E-state index contributed by atoms with van der Waals surface area (Å²) in [6.45, 7) is 2.60. The maximum atomic E-state index is 12.4. The summed E-state index contributed by atoms with van der Waals surface area (Å²) in [6, 6.07) is 3.80. The number of nitrogens with one attached hydrogen (secondary N) is 1. The molecule has 0 spiro atoms. The summed E-state index contributed by atoms with van der Waals surface area (Å²) in [5.74, 6) is -1.11. The van der Waals surface area contributed by atoms with Gasteiger partial charge in [0.05, 0.1) is 22.6 Å². The van der Waals surface area contributed by atoms with Gasteiger partial charge in [-0.05, 0) is 47.5 Å². The number of hydrogen-bond donors (Lipinski definition) is 2. The van der Waals surface area contributed by atoms with Crippen molar-refractivity contribution in [3.8, 4) is 0 Å². The number of halogens is 1. The highest BCUT2D eigenvalue weighted by Crippen LogP contribution is 2.26. The molecule has 8 heteroatoms. The summed E-state index contributed by atoms with van der Waals surface area (Å²) in [5.41, 5.74) is -0.616. The molecule has 6 nitrogen and oxygen atoms in total. The number of carboxylic acids is 1. The highest BCUT2D eigenvalue weighted by molar-refractivity contribution is 9.10. The molecule has 0 amide bonds. The van der Waals surface area contributed by atoms with Gasteiger partial charge in [-0.25, -0.2) is 17.9 Å². The lowest BCUT2D eigenvalue weighted by Crippen LogP contribution is -2.46. The van der Waals surface area contributed by atoms with Gasteiger partial charge in [-0.1, -0.05) is 0 Å². The Morgan fingerprint density at radius 1 is 1.50 bits per heavy atom. The predicted molar refractivity (Wildman–Crippen MR) is 75.3 cm³/mol. The monoisotopic (exact) mass is 363 g/mol. The average Bonchev–Trinajstić information content (AvgIpc) is 2.74. The first-order valence-corrected chi connectivity index (χ1v) is 8.16. The van der Waals surface area contributed by atoms with E-state index < -0.39 is 21.5 Å². The predicted octanol–water partition coefficient (Wildman–Crippen LogP) is 1.60. The van der Waals surface area contributed by atoms with Crippen molar-refractivity contribution in [2.45, 2.75) is 23.8 Å². The Bertz CT molecular complexity index is 637. The summed E-state index contributed by atoms with van der Waals surface area (Å²) < 4.78 is 32.7. The molecule has 1 aromatic rings. The molecule has 1 unspecified atom stereocenters. The van der Waals surface area contributed by atoms with E-state index in [-0.39, 0.29) is 14.9 Å². The van der Waals surface area contributed by atoms with Crippen LogP contribution in [0, 0.1) is 0 Å². The van der Waals surface area contributed by atoms with Crippen LogP contribution in [0.2, 0.25) is 0 Å². The zero-order valence-corrected chi connectivity index (χ0v) is 13.1. The molecular weight excluding hydrogens is 350 g/mol. The first kappa shape index (κ1) is 15.4. The average molecular weight is 364 g/mol. The molecule has 2 N–H and O–H groups in total. The van der Waals surface area contributed by atoms with Crippen LogP contribution in [0.15, 0.2) is 27.6 Å². The van der Waals surface area contributed by atoms with Gasteiger partial charge in [-0.2, -0.15) is 0 Å². The second-order valence-electron chi connectivity index (χ2n) is 4.92. The molecule has 1 aliphatic rings. The van der Waals surface area contributed by atoms with Crippen molar-refractivity contribution in [1.82, 2.24) is 4.72 Å². The lowest BCUT2D eigenvalue weighted by Gasteiger charge is -2.23. The fraction of sp³-hybridized carbons (Fsp3) is 0.417. The molecule has 1 saturated heterocycles. The van der Waals surface area contributed by atoms with E-state index in [1.165, 1.54) is 18.2 Å². The van der Waals surface area contributed by atoms with Crippen LogP contribution < -0.4 is 4.72 Å². The third-order valence-corrected chi connectivity index (χ3v) is 5.68. The number of benzene rings is 1. The minimum Gasteiger partial charge on any atom is -0.478 e. The number of aromatic carboxylic acids is 1. The minimum atomic E-state index is -3.75.